The lowest BCUT2D eigenvalue weighted by molar-refractivity contribution is 0.122. The molecule has 1 fully saturated rings. The molecule has 27 heavy (non-hydrogen) atoms. The minimum Gasteiger partial charge on any atom is -0.378 e. The summed E-state index contributed by atoms with van der Waals surface area (Å²) in [5.41, 5.74) is 6.43. The van der Waals surface area contributed by atoms with Gasteiger partial charge in [0.05, 0.1) is 24.6 Å². The van der Waals surface area contributed by atoms with Crippen LogP contribution in [0.15, 0.2) is 42.5 Å². The van der Waals surface area contributed by atoms with Crippen molar-refractivity contribution in [1.82, 2.24) is 14.5 Å². The molecule has 0 amide bonds. The zero-order chi connectivity index (χ0) is 18.2. The van der Waals surface area contributed by atoms with Crippen LogP contribution in [0.2, 0.25) is 0 Å². The van der Waals surface area contributed by atoms with Gasteiger partial charge >= 0.3 is 0 Å². The fourth-order valence-corrected chi connectivity index (χ4v) is 3.88. The molecule has 0 unspecified atom stereocenters. The molecule has 0 aliphatic carbocycles. The molecule has 0 atom stereocenters. The number of anilines is 2. The van der Waals surface area contributed by atoms with Crippen LogP contribution in [0.1, 0.15) is 5.69 Å². The van der Waals surface area contributed by atoms with Gasteiger partial charge in [-0.1, -0.05) is 18.2 Å². The van der Waals surface area contributed by atoms with Crippen LogP contribution in [0.25, 0.3) is 22.6 Å². The first-order valence-corrected chi connectivity index (χ1v) is 9.51. The van der Waals surface area contributed by atoms with Crippen molar-refractivity contribution >= 4 is 11.6 Å². The van der Waals surface area contributed by atoms with Crippen LogP contribution in [0.5, 0.6) is 0 Å². The van der Waals surface area contributed by atoms with Crippen LogP contribution in [0.3, 0.4) is 0 Å². The number of morpholine rings is 1. The Hall–Kier alpha value is -2.86. The fraction of sp³-hybridized carbons (Fsp3) is 0.333. The lowest BCUT2D eigenvalue weighted by Gasteiger charge is -2.29. The number of hydrogen-bond acceptors (Lipinski definition) is 5. The van der Waals surface area contributed by atoms with Gasteiger partial charge in [-0.2, -0.15) is 0 Å². The second-order valence-electron chi connectivity index (χ2n) is 7.02. The van der Waals surface area contributed by atoms with E-state index in [4.69, 9.17) is 14.7 Å². The second kappa shape index (κ2) is 6.70. The molecule has 0 saturated carbocycles. The minimum atomic E-state index is 0.798. The Bertz CT molecular complexity index is 957. The number of nitrogens with zero attached hydrogens (tertiary/aromatic N) is 4. The Balaban J connectivity index is 1.56. The quantitative estimate of drug-likeness (QED) is 0.776. The van der Waals surface area contributed by atoms with Gasteiger partial charge in [-0.25, -0.2) is 4.98 Å². The highest BCUT2D eigenvalue weighted by Crippen LogP contribution is 2.36. The highest BCUT2D eigenvalue weighted by molar-refractivity contribution is 5.80. The number of aromatic nitrogens is 3. The molecular formula is C21H23N5O. The zero-order valence-electron chi connectivity index (χ0n) is 15.5. The summed E-state index contributed by atoms with van der Waals surface area (Å²) in [6.07, 6.45) is 0. The Morgan fingerprint density at radius 2 is 1.78 bits per heavy atom. The number of fused-ring (bicyclic) bond motifs is 1. The third-order valence-electron chi connectivity index (χ3n) is 5.23. The van der Waals surface area contributed by atoms with Crippen LogP contribution in [-0.4, -0.2) is 47.4 Å². The number of ether oxygens (including phenoxy) is 1. The van der Waals surface area contributed by atoms with Gasteiger partial charge in [0.1, 0.15) is 5.69 Å². The summed E-state index contributed by atoms with van der Waals surface area (Å²) in [5.74, 6) is 0.931. The smallest absolute Gasteiger partial charge is 0.204 e. The topological polar surface area (TPSA) is 55.2 Å². The molecule has 138 valence electrons. The first kappa shape index (κ1) is 16.3. The molecule has 2 aliphatic rings. The molecule has 0 spiro atoms. The van der Waals surface area contributed by atoms with E-state index >= 15 is 0 Å². The summed E-state index contributed by atoms with van der Waals surface area (Å²) in [4.78, 5) is 11.9. The largest absolute Gasteiger partial charge is 0.378 e. The number of nitrogens with one attached hydrogen (secondary N) is 1. The summed E-state index contributed by atoms with van der Waals surface area (Å²) >= 11 is 0. The monoisotopic (exact) mass is 361 g/mol. The van der Waals surface area contributed by atoms with Gasteiger partial charge < -0.3 is 19.5 Å². The maximum Gasteiger partial charge on any atom is 0.204 e. The Morgan fingerprint density at radius 3 is 2.56 bits per heavy atom. The number of pyridine rings is 1. The highest BCUT2D eigenvalue weighted by atomic mass is 16.5. The fourth-order valence-electron chi connectivity index (χ4n) is 3.88. The maximum atomic E-state index is 5.46. The molecule has 2 aromatic heterocycles. The standard InChI is InChI=1S/C21H23N5O/c1-15-3-2-4-18(23-15)19-20(26-10-9-22-21(26)24-19)16-5-7-17(8-6-16)25-11-13-27-14-12-25/h2-8H,9-14H2,1H3,(H,22,24). The average Bonchev–Trinajstić information content (AvgIpc) is 3.30. The van der Waals surface area contributed by atoms with E-state index in [0.717, 1.165) is 68.1 Å². The summed E-state index contributed by atoms with van der Waals surface area (Å²) in [7, 11) is 0. The van der Waals surface area contributed by atoms with Crippen molar-refractivity contribution in [3.05, 3.63) is 48.2 Å². The molecule has 4 heterocycles. The van der Waals surface area contributed by atoms with E-state index in [-0.39, 0.29) is 0 Å². The van der Waals surface area contributed by atoms with E-state index < -0.39 is 0 Å². The van der Waals surface area contributed by atoms with Gasteiger partial charge in [-0.15, -0.1) is 0 Å². The van der Waals surface area contributed by atoms with Gasteiger partial charge in [-0.05, 0) is 31.2 Å². The summed E-state index contributed by atoms with van der Waals surface area (Å²) < 4.78 is 7.73. The molecule has 5 rings (SSSR count). The summed E-state index contributed by atoms with van der Waals surface area (Å²) in [6, 6.07) is 14.9. The molecule has 1 saturated heterocycles. The molecule has 0 bridgehead atoms. The molecule has 2 aliphatic heterocycles. The van der Waals surface area contributed by atoms with E-state index in [1.165, 1.54) is 11.3 Å². The lowest BCUT2D eigenvalue weighted by atomic mass is 10.1. The van der Waals surface area contributed by atoms with E-state index in [2.05, 4.69) is 39.0 Å². The number of hydrogen-bond donors (Lipinski definition) is 1. The predicted molar refractivity (Wildman–Crippen MR) is 107 cm³/mol. The van der Waals surface area contributed by atoms with Crippen molar-refractivity contribution in [2.75, 3.05) is 43.1 Å². The normalized spacial score (nSPS) is 16.3. The molecule has 1 aromatic carbocycles. The van der Waals surface area contributed by atoms with Crippen LogP contribution in [0.4, 0.5) is 11.6 Å². The summed E-state index contributed by atoms with van der Waals surface area (Å²) in [6.45, 7) is 7.35. The first-order valence-electron chi connectivity index (χ1n) is 9.51. The molecule has 6 heteroatoms. The van der Waals surface area contributed by atoms with Crippen molar-refractivity contribution < 1.29 is 4.74 Å². The minimum absolute atomic E-state index is 0.798. The van der Waals surface area contributed by atoms with Crippen molar-refractivity contribution in [3.8, 4) is 22.6 Å². The first-order chi connectivity index (χ1) is 13.3. The highest BCUT2D eigenvalue weighted by Gasteiger charge is 2.24. The van der Waals surface area contributed by atoms with Crippen molar-refractivity contribution in [2.45, 2.75) is 13.5 Å². The zero-order valence-corrected chi connectivity index (χ0v) is 15.5. The van der Waals surface area contributed by atoms with Crippen molar-refractivity contribution in [2.24, 2.45) is 0 Å². The van der Waals surface area contributed by atoms with Crippen LogP contribution in [0, 0.1) is 6.92 Å². The summed E-state index contributed by atoms with van der Waals surface area (Å²) in [5, 5.41) is 3.38. The van der Waals surface area contributed by atoms with Gasteiger partial charge in [-0.3, -0.25) is 4.98 Å². The number of benzene rings is 1. The van der Waals surface area contributed by atoms with Crippen LogP contribution >= 0.6 is 0 Å². The molecule has 3 aromatic rings. The van der Waals surface area contributed by atoms with Gasteiger partial charge in [0.2, 0.25) is 5.95 Å². The third kappa shape index (κ3) is 2.96. The maximum absolute atomic E-state index is 5.46. The van der Waals surface area contributed by atoms with Gasteiger partial charge in [0.25, 0.3) is 0 Å². The number of rotatable bonds is 3. The van der Waals surface area contributed by atoms with E-state index in [1.54, 1.807) is 0 Å². The third-order valence-corrected chi connectivity index (χ3v) is 5.23. The van der Waals surface area contributed by atoms with Gasteiger partial charge in [0, 0.05) is 43.1 Å². The second-order valence-corrected chi connectivity index (χ2v) is 7.02. The van der Waals surface area contributed by atoms with Crippen LogP contribution in [-0.2, 0) is 11.3 Å². The molecule has 0 radical (unpaired) electrons. The van der Waals surface area contributed by atoms with E-state index in [0.29, 0.717) is 0 Å². The Morgan fingerprint density at radius 1 is 0.963 bits per heavy atom. The SMILES string of the molecule is Cc1cccc(-c2nc3n(c2-c2ccc(N4CCOCC4)cc2)CCN3)n1. The van der Waals surface area contributed by atoms with E-state index in [1.807, 2.05) is 25.1 Å². The van der Waals surface area contributed by atoms with Crippen molar-refractivity contribution in [3.63, 3.8) is 0 Å². The Kier molecular flexibility index (Phi) is 4.05. The Labute approximate surface area is 158 Å². The molecule has 1 N–H and O–H groups in total. The van der Waals surface area contributed by atoms with E-state index in [9.17, 15) is 0 Å². The molecular weight excluding hydrogens is 338 g/mol. The van der Waals surface area contributed by atoms with Gasteiger partial charge in [0.15, 0.2) is 0 Å². The molecule has 6 nitrogen and oxygen atoms in total. The average molecular weight is 361 g/mol. The number of aryl methyl sites for hydroxylation is 1. The lowest BCUT2D eigenvalue weighted by Crippen LogP contribution is -2.36. The van der Waals surface area contributed by atoms with Crippen molar-refractivity contribution in [1.29, 1.82) is 0 Å². The van der Waals surface area contributed by atoms with Crippen LogP contribution < -0.4 is 10.2 Å². The predicted octanol–water partition coefficient (Wildman–Crippen LogP) is 3.18. The number of imidazole rings is 1.